The van der Waals surface area contributed by atoms with Gasteiger partial charge in [0.05, 0.1) is 11.5 Å². The zero-order valence-electron chi connectivity index (χ0n) is 12.8. The maximum atomic E-state index is 12.4. The van der Waals surface area contributed by atoms with Gasteiger partial charge in [-0.05, 0) is 42.5 Å². The highest BCUT2D eigenvalue weighted by Gasteiger charge is 2.18. The first kappa shape index (κ1) is 18.6. The van der Waals surface area contributed by atoms with Crippen LogP contribution in [0, 0.1) is 12.8 Å². The van der Waals surface area contributed by atoms with Crippen molar-refractivity contribution in [2.24, 2.45) is 5.92 Å². The van der Waals surface area contributed by atoms with Crippen molar-refractivity contribution in [1.29, 1.82) is 0 Å². The van der Waals surface area contributed by atoms with Crippen LogP contribution in [0.1, 0.15) is 44.2 Å². The number of hydrogen-bond acceptors (Lipinski definition) is 3. The van der Waals surface area contributed by atoms with Gasteiger partial charge in [-0.25, -0.2) is 13.1 Å². The van der Waals surface area contributed by atoms with Gasteiger partial charge in [-0.3, -0.25) is 0 Å². The van der Waals surface area contributed by atoms with Crippen LogP contribution in [-0.2, 0) is 16.6 Å². The van der Waals surface area contributed by atoms with E-state index in [0.29, 0.717) is 28.1 Å². The number of nitrogens with one attached hydrogen (secondary N) is 1. The predicted octanol–water partition coefficient (Wildman–Crippen LogP) is 3.35. The van der Waals surface area contributed by atoms with E-state index < -0.39 is 10.0 Å². The highest BCUT2D eigenvalue weighted by atomic mass is 79.9. The SMILES string of the molecule is Cc1c(Br)cc(CO)cc1S(=O)(=O)NCCCCC(C)C. The van der Waals surface area contributed by atoms with E-state index in [1.165, 1.54) is 6.07 Å². The Kier molecular flexibility index (Phi) is 7.33. The third-order valence-corrected chi connectivity index (χ3v) is 5.74. The molecule has 120 valence electrons. The largest absolute Gasteiger partial charge is 0.392 e. The first-order valence-corrected chi connectivity index (χ1v) is 9.45. The molecule has 0 unspecified atom stereocenters. The van der Waals surface area contributed by atoms with Crippen molar-refractivity contribution >= 4 is 26.0 Å². The molecule has 0 radical (unpaired) electrons. The van der Waals surface area contributed by atoms with Crippen LogP contribution in [0.25, 0.3) is 0 Å². The molecule has 1 aromatic carbocycles. The molecule has 0 heterocycles. The summed E-state index contributed by atoms with van der Waals surface area (Å²) in [5, 5.41) is 9.21. The lowest BCUT2D eigenvalue weighted by Gasteiger charge is -2.12. The van der Waals surface area contributed by atoms with Gasteiger partial charge in [-0.15, -0.1) is 0 Å². The monoisotopic (exact) mass is 377 g/mol. The number of rotatable bonds is 8. The number of benzene rings is 1. The van der Waals surface area contributed by atoms with Crippen molar-refractivity contribution in [3.05, 3.63) is 27.7 Å². The maximum absolute atomic E-state index is 12.4. The number of sulfonamides is 1. The molecule has 4 nitrogen and oxygen atoms in total. The lowest BCUT2D eigenvalue weighted by Crippen LogP contribution is -2.25. The van der Waals surface area contributed by atoms with E-state index in [9.17, 15) is 13.5 Å². The third kappa shape index (κ3) is 5.70. The van der Waals surface area contributed by atoms with Gasteiger partial charge >= 0.3 is 0 Å². The first-order valence-electron chi connectivity index (χ1n) is 7.17. The Bertz CT molecular complexity index is 571. The van der Waals surface area contributed by atoms with Crippen LogP contribution in [-0.4, -0.2) is 20.1 Å². The Morgan fingerprint density at radius 3 is 2.52 bits per heavy atom. The van der Waals surface area contributed by atoms with E-state index >= 15 is 0 Å². The van der Waals surface area contributed by atoms with Gasteiger partial charge in [-0.1, -0.05) is 42.6 Å². The number of aliphatic hydroxyl groups excluding tert-OH is 1. The van der Waals surface area contributed by atoms with Gasteiger partial charge in [0.25, 0.3) is 0 Å². The molecule has 0 amide bonds. The van der Waals surface area contributed by atoms with E-state index in [0.717, 1.165) is 19.3 Å². The molecule has 0 aliphatic carbocycles. The molecule has 0 aliphatic heterocycles. The molecular weight excluding hydrogens is 354 g/mol. The van der Waals surface area contributed by atoms with Crippen molar-refractivity contribution in [1.82, 2.24) is 4.72 Å². The summed E-state index contributed by atoms with van der Waals surface area (Å²) >= 11 is 3.34. The molecular formula is C15H24BrNO3S. The second kappa shape index (κ2) is 8.27. The Hall–Kier alpha value is -0.430. The van der Waals surface area contributed by atoms with Gasteiger partial charge in [0, 0.05) is 11.0 Å². The van der Waals surface area contributed by atoms with E-state index in [-0.39, 0.29) is 11.5 Å². The quantitative estimate of drug-likeness (QED) is 0.682. The summed E-state index contributed by atoms with van der Waals surface area (Å²) in [5.41, 5.74) is 1.23. The fourth-order valence-corrected chi connectivity index (χ4v) is 4.07. The molecule has 6 heteroatoms. The zero-order chi connectivity index (χ0) is 16.0. The Morgan fingerprint density at radius 2 is 1.95 bits per heavy atom. The zero-order valence-corrected chi connectivity index (χ0v) is 15.2. The number of aliphatic hydroxyl groups is 1. The van der Waals surface area contributed by atoms with Gasteiger partial charge in [0.15, 0.2) is 0 Å². The first-order chi connectivity index (χ1) is 9.77. The summed E-state index contributed by atoms with van der Waals surface area (Å²) < 4.78 is 28.0. The van der Waals surface area contributed by atoms with Crippen molar-refractivity contribution in [2.75, 3.05) is 6.54 Å². The fraction of sp³-hybridized carbons (Fsp3) is 0.600. The summed E-state index contributed by atoms with van der Waals surface area (Å²) in [4.78, 5) is 0.227. The molecule has 0 aliphatic rings. The molecule has 2 N–H and O–H groups in total. The highest BCUT2D eigenvalue weighted by Crippen LogP contribution is 2.25. The Balaban J connectivity index is 2.76. The molecule has 0 aromatic heterocycles. The van der Waals surface area contributed by atoms with Gasteiger partial charge in [-0.2, -0.15) is 0 Å². The Labute approximate surface area is 136 Å². The third-order valence-electron chi connectivity index (χ3n) is 3.33. The van der Waals surface area contributed by atoms with Crippen LogP contribution in [0.4, 0.5) is 0 Å². The lowest BCUT2D eigenvalue weighted by atomic mass is 10.1. The topological polar surface area (TPSA) is 66.4 Å². The predicted molar refractivity (Wildman–Crippen MR) is 88.7 cm³/mol. The molecule has 0 fully saturated rings. The number of hydrogen-bond donors (Lipinski definition) is 2. The number of unbranched alkanes of at least 4 members (excludes halogenated alkanes) is 1. The van der Waals surface area contributed by atoms with Crippen LogP contribution < -0.4 is 4.72 Å². The normalized spacial score (nSPS) is 12.1. The molecule has 1 aromatic rings. The van der Waals surface area contributed by atoms with Crippen LogP contribution in [0.15, 0.2) is 21.5 Å². The van der Waals surface area contributed by atoms with Crippen LogP contribution >= 0.6 is 15.9 Å². The van der Waals surface area contributed by atoms with Crippen molar-refractivity contribution in [3.8, 4) is 0 Å². The summed E-state index contributed by atoms with van der Waals surface area (Å²) in [5.74, 6) is 0.640. The highest BCUT2D eigenvalue weighted by molar-refractivity contribution is 9.10. The number of halogens is 1. The summed E-state index contributed by atoms with van der Waals surface area (Å²) in [6.07, 6.45) is 2.95. The van der Waals surface area contributed by atoms with Crippen LogP contribution in [0.5, 0.6) is 0 Å². The van der Waals surface area contributed by atoms with E-state index in [1.807, 2.05) is 0 Å². The van der Waals surface area contributed by atoms with Crippen molar-refractivity contribution in [3.63, 3.8) is 0 Å². The second-order valence-corrected chi connectivity index (χ2v) is 8.24. The van der Waals surface area contributed by atoms with Gasteiger partial charge in [0.1, 0.15) is 0 Å². The molecule has 21 heavy (non-hydrogen) atoms. The summed E-state index contributed by atoms with van der Waals surface area (Å²) in [6, 6.07) is 3.26. The average molecular weight is 378 g/mol. The van der Waals surface area contributed by atoms with Gasteiger partial charge < -0.3 is 5.11 Å². The lowest BCUT2D eigenvalue weighted by molar-refractivity contribution is 0.281. The minimum atomic E-state index is -3.54. The molecule has 0 bridgehead atoms. The molecule has 0 saturated carbocycles. The Morgan fingerprint density at radius 1 is 1.29 bits per heavy atom. The average Bonchev–Trinajstić information content (AvgIpc) is 2.40. The molecule has 0 spiro atoms. The van der Waals surface area contributed by atoms with Crippen molar-refractivity contribution in [2.45, 2.75) is 51.5 Å². The molecule has 0 atom stereocenters. The van der Waals surface area contributed by atoms with E-state index in [2.05, 4.69) is 34.5 Å². The molecule has 1 rings (SSSR count). The van der Waals surface area contributed by atoms with Gasteiger partial charge in [0.2, 0.25) is 10.0 Å². The van der Waals surface area contributed by atoms with Crippen molar-refractivity contribution < 1.29 is 13.5 Å². The smallest absolute Gasteiger partial charge is 0.240 e. The molecule has 0 saturated heterocycles. The fourth-order valence-electron chi connectivity index (χ4n) is 2.04. The minimum absolute atomic E-state index is 0.185. The van der Waals surface area contributed by atoms with Crippen LogP contribution in [0.3, 0.4) is 0 Å². The minimum Gasteiger partial charge on any atom is -0.392 e. The summed E-state index contributed by atoms with van der Waals surface area (Å²) in [7, 11) is -3.54. The standard InChI is InChI=1S/C15H24BrNO3S/c1-11(2)6-4-5-7-17-21(19,20)15-9-13(10-18)8-14(16)12(15)3/h8-9,11,17-18H,4-7,10H2,1-3H3. The maximum Gasteiger partial charge on any atom is 0.240 e. The second-order valence-electron chi connectivity index (χ2n) is 5.65. The summed E-state index contributed by atoms with van der Waals surface area (Å²) in [6.45, 7) is 6.32. The van der Waals surface area contributed by atoms with E-state index in [4.69, 9.17) is 0 Å². The van der Waals surface area contributed by atoms with E-state index in [1.54, 1.807) is 13.0 Å². The van der Waals surface area contributed by atoms with Crippen LogP contribution in [0.2, 0.25) is 0 Å².